The zero-order valence-corrected chi connectivity index (χ0v) is 12.0. The summed E-state index contributed by atoms with van der Waals surface area (Å²) in [6.07, 6.45) is 7.33. The van der Waals surface area contributed by atoms with Crippen molar-refractivity contribution in [3.05, 3.63) is 0 Å². The lowest BCUT2D eigenvalue weighted by molar-refractivity contribution is 0.0137. The molecule has 0 bridgehead atoms. The summed E-state index contributed by atoms with van der Waals surface area (Å²) in [5, 5.41) is 0. The van der Waals surface area contributed by atoms with Crippen molar-refractivity contribution in [2.24, 2.45) is 5.73 Å². The standard InChI is InChI=1S/C14H31NO3/c1-2-3-4-5-6-9-16-11-13-18-14-12-17-10-7-8-15/h2-15H2,1H3. The van der Waals surface area contributed by atoms with Crippen LogP contribution < -0.4 is 5.73 Å². The summed E-state index contributed by atoms with van der Waals surface area (Å²) in [6.45, 7) is 7.15. The third kappa shape index (κ3) is 15.8. The van der Waals surface area contributed by atoms with E-state index in [1.54, 1.807) is 0 Å². The first kappa shape index (κ1) is 17.8. The van der Waals surface area contributed by atoms with E-state index in [2.05, 4.69) is 6.92 Å². The van der Waals surface area contributed by atoms with Crippen LogP contribution in [0.4, 0.5) is 0 Å². The molecule has 0 rings (SSSR count). The van der Waals surface area contributed by atoms with Gasteiger partial charge in [-0.15, -0.1) is 0 Å². The van der Waals surface area contributed by atoms with Gasteiger partial charge >= 0.3 is 0 Å². The van der Waals surface area contributed by atoms with Gasteiger partial charge < -0.3 is 19.9 Å². The van der Waals surface area contributed by atoms with E-state index < -0.39 is 0 Å². The van der Waals surface area contributed by atoms with Gasteiger partial charge in [-0.1, -0.05) is 32.6 Å². The first-order valence-electron chi connectivity index (χ1n) is 7.35. The van der Waals surface area contributed by atoms with E-state index in [1.165, 1.54) is 32.1 Å². The van der Waals surface area contributed by atoms with Crippen LogP contribution in [0, 0.1) is 0 Å². The van der Waals surface area contributed by atoms with E-state index in [4.69, 9.17) is 19.9 Å². The van der Waals surface area contributed by atoms with Gasteiger partial charge in [0.1, 0.15) is 0 Å². The summed E-state index contributed by atoms with van der Waals surface area (Å²) in [6, 6.07) is 0. The normalized spacial score (nSPS) is 11.0. The number of nitrogens with two attached hydrogens (primary N) is 1. The van der Waals surface area contributed by atoms with Gasteiger partial charge in [-0.3, -0.25) is 0 Å². The van der Waals surface area contributed by atoms with Gasteiger partial charge in [0.15, 0.2) is 0 Å². The fourth-order valence-electron chi connectivity index (χ4n) is 1.53. The molecule has 4 heteroatoms. The van der Waals surface area contributed by atoms with Crippen LogP contribution in [0.1, 0.15) is 45.4 Å². The molecule has 0 unspecified atom stereocenters. The molecular weight excluding hydrogens is 230 g/mol. The average molecular weight is 261 g/mol. The van der Waals surface area contributed by atoms with Crippen LogP contribution in [-0.2, 0) is 14.2 Å². The molecule has 0 aromatic rings. The molecule has 18 heavy (non-hydrogen) atoms. The van der Waals surface area contributed by atoms with Gasteiger partial charge in [-0.05, 0) is 19.4 Å². The highest BCUT2D eigenvalue weighted by Crippen LogP contribution is 2.02. The highest BCUT2D eigenvalue weighted by molar-refractivity contribution is 4.42. The minimum atomic E-state index is 0.643. The zero-order valence-electron chi connectivity index (χ0n) is 12.0. The van der Waals surface area contributed by atoms with E-state index in [0.29, 0.717) is 33.0 Å². The van der Waals surface area contributed by atoms with Gasteiger partial charge in [0.05, 0.1) is 26.4 Å². The Labute approximate surface area is 112 Å². The van der Waals surface area contributed by atoms with Crippen molar-refractivity contribution in [3.63, 3.8) is 0 Å². The van der Waals surface area contributed by atoms with Gasteiger partial charge in [0.25, 0.3) is 0 Å². The maximum Gasteiger partial charge on any atom is 0.0701 e. The molecule has 0 atom stereocenters. The molecule has 0 aromatic carbocycles. The van der Waals surface area contributed by atoms with Crippen molar-refractivity contribution in [2.75, 3.05) is 46.2 Å². The minimum absolute atomic E-state index is 0.643. The molecule has 0 saturated carbocycles. The Hall–Kier alpha value is -0.160. The molecule has 0 aliphatic rings. The van der Waals surface area contributed by atoms with Crippen LogP contribution >= 0.6 is 0 Å². The molecule has 0 aromatic heterocycles. The molecule has 0 heterocycles. The van der Waals surface area contributed by atoms with Crippen molar-refractivity contribution in [1.29, 1.82) is 0 Å². The third-order valence-electron chi connectivity index (χ3n) is 2.63. The maximum absolute atomic E-state index is 5.48. The fourth-order valence-corrected chi connectivity index (χ4v) is 1.53. The Morgan fingerprint density at radius 2 is 1.11 bits per heavy atom. The third-order valence-corrected chi connectivity index (χ3v) is 2.63. The molecule has 0 saturated heterocycles. The molecule has 4 nitrogen and oxygen atoms in total. The minimum Gasteiger partial charge on any atom is -0.379 e. The number of hydrogen-bond acceptors (Lipinski definition) is 4. The van der Waals surface area contributed by atoms with Crippen LogP contribution in [0.3, 0.4) is 0 Å². The highest BCUT2D eigenvalue weighted by Gasteiger charge is 1.92. The van der Waals surface area contributed by atoms with Crippen LogP contribution in [-0.4, -0.2) is 46.2 Å². The lowest BCUT2D eigenvalue weighted by Gasteiger charge is -2.06. The molecular formula is C14H31NO3. The quantitative estimate of drug-likeness (QED) is 0.460. The van der Waals surface area contributed by atoms with E-state index in [1.807, 2.05) is 0 Å². The topological polar surface area (TPSA) is 53.7 Å². The van der Waals surface area contributed by atoms with E-state index in [-0.39, 0.29) is 0 Å². The Balaban J connectivity index is 2.86. The molecule has 2 N–H and O–H groups in total. The average Bonchev–Trinajstić information content (AvgIpc) is 2.39. The van der Waals surface area contributed by atoms with Crippen LogP contribution in [0.25, 0.3) is 0 Å². The summed E-state index contributed by atoms with van der Waals surface area (Å²) < 4.78 is 16.2. The lowest BCUT2D eigenvalue weighted by atomic mass is 10.2. The van der Waals surface area contributed by atoms with Crippen LogP contribution in [0.5, 0.6) is 0 Å². The Morgan fingerprint density at radius 1 is 0.611 bits per heavy atom. The Bertz CT molecular complexity index is 129. The predicted molar refractivity (Wildman–Crippen MR) is 74.9 cm³/mol. The number of ether oxygens (including phenoxy) is 3. The lowest BCUT2D eigenvalue weighted by Crippen LogP contribution is -2.11. The number of unbranched alkanes of at least 4 members (excludes halogenated alkanes) is 4. The van der Waals surface area contributed by atoms with Crippen LogP contribution in [0.15, 0.2) is 0 Å². The highest BCUT2D eigenvalue weighted by atomic mass is 16.5. The largest absolute Gasteiger partial charge is 0.379 e. The van der Waals surface area contributed by atoms with E-state index in [9.17, 15) is 0 Å². The molecule has 110 valence electrons. The summed E-state index contributed by atoms with van der Waals surface area (Å²) >= 11 is 0. The Kier molecular flexibility index (Phi) is 16.7. The molecule has 0 amide bonds. The van der Waals surface area contributed by atoms with Crippen molar-refractivity contribution >= 4 is 0 Å². The molecule has 0 aliphatic heterocycles. The van der Waals surface area contributed by atoms with E-state index >= 15 is 0 Å². The second-order valence-electron chi connectivity index (χ2n) is 4.39. The molecule has 0 radical (unpaired) electrons. The van der Waals surface area contributed by atoms with Crippen molar-refractivity contribution in [2.45, 2.75) is 45.4 Å². The van der Waals surface area contributed by atoms with Gasteiger partial charge in [-0.2, -0.15) is 0 Å². The zero-order chi connectivity index (χ0) is 13.3. The second kappa shape index (κ2) is 16.8. The number of hydrogen-bond donors (Lipinski definition) is 1. The van der Waals surface area contributed by atoms with E-state index in [0.717, 1.165) is 19.6 Å². The van der Waals surface area contributed by atoms with Gasteiger partial charge in [0, 0.05) is 13.2 Å². The summed E-state index contributed by atoms with van der Waals surface area (Å²) in [4.78, 5) is 0. The van der Waals surface area contributed by atoms with Gasteiger partial charge in [-0.25, -0.2) is 0 Å². The molecule has 0 spiro atoms. The van der Waals surface area contributed by atoms with Gasteiger partial charge in [0.2, 0.25) is 0 Å². The first-order chi connectivity index (χ1) is 8.91. The van der Waals surface area contributed by atoms with Crippen molar-refractivity contribution in [1.82, 2.24) is 0 Å². The monoisotopic (exact) mass is 261 g/mol. The summed E-state index contributed by atoms with van der Waals surface area (Å²) in [5.41, 5.74) is 5.35. The predicted octanol–water partition coefficient (Wildman–Crippen LogP) is 2.36. The van der Waals surface area contributed by atoms with Crippen molar-refractivity contribution < 1.29 is 14.2 Å². The Morgan fingerprint density at radius 3 is 1.67 bits per heavy atom. The van der Waals surface area contributed by atoms with Crippen molar-refractivity contribution in [3.8, 4) is 0 Å². The fraction of sp³-hybridized carbons (Fsp3) is 1.00. The van der Waals surface area contributed by atoms with Crippen LogP contribution in [0.2, 0.25) is 0 Å². The molecule has 0 fully saturated rings. The SMILES string of the molecule is CCCCCCCOCCOCCOCCCN. The molecule has 0 aliphatic carbocycles. The summed E-state index contributed by atoms with van der Waals surface area (Å²) in [7, 11) is 0. The number of rotatable bonds is 15. The smallest absolute Gasteiger partial charge is 0.0701 e. The second-order valence-corrected chi connectivity index (χ2v) is 4.39. The maximum atomic E-state index is 5.48. The first-order valence-corrected chi connectivity index (χ1v) is 7.35. The summed E-state index contributed by atoms with van der Waals surface area (Å²) in [5.74, 6) is 0.